The van der Waals surface area contributed by atoms with Crippen molar-refractivity contribution in [2.45, 2.75) is 19.1 Å². The van der Waals surface area contributed by atoms with Crippen molar-refractivity contribution in [3.63, 3.8) is 0 Å². The van der Waals surface area contributed by atoms with E-state index in [0.29, 0.717) is 10.8 Å². The van der Waals surface area contributed by atoms with Gasteiger partial charge in [-0.1, -0.05) is 39.7 Å². The summed E-state index contributed by atoms with van der Waals surface area (Å²) in [4.78, 5) is 17.2. The molecule has 0 unspecified atom stereocenters. The Balaban J connectivity index is 1.78. The Morgan fingerprint density at radius 2 is 1.85 bits per heavy atom. The van der Waals surface area contributed by atoms with Crippen LogP contribution in [0.25, 0.3) is 0 Å². The Morgan fingerprint density at radius 3 is 2.44 bits per heavy atom. The maximum atomic E-state index is 12.8. The molecule has 1 N–H and O–H groups in total. The van der Waals surface area contributed by atoms with E-state index in [2.05, 4.69) is 26.2 Å². The van der Waals surface area contributed by atoms with Gasteiger partial charge in [0.2, 0.25) is 0 Å². The fourth-order valence-corrected chi connectivity index (χ4v) is 3.03. The molecule has 1 amide bonds. The first kappa shape index (κ1) is 19.5. The highest BCUT2D eigenvalue weighted by atomic mass is 79.9. The van der Waals surface area contributed by atoms with Gasteiger partial charge in [-0.2, -0.15) is 0 Å². The van der Waals surface area contributed by atoms with Crippen LogP contribution in [0, 0.1) is 0 Å². The Bertz CT molecular complexity index is 910. The SMILES string of the molecule is C[C@@H](Oc1ccc(Br)cc1)C(=O)N[C@H](c1ccc(Cl)cc1)c1nccn1C. The number of halogens is 2. The van der Waals surface area contributed by atoms with Crippen molar-refractivity contribution in [2.24, 2.45) is 7.05 Å². The zero-order valence-corrected chi connectivity index (χ0v) is 17.2. The predicted molar refractivity (Wildman–Crippen MR) is 109 cm³/mol. The summed E-state index contributed by atoms with van der Waals surface area (Å²) in [6.45, 7) is 1.72. The highest BCUT2D eigenvalue weighted by Gasteiger charge is 2.24. The topological polar surface area (TPSA) is 56.1 Å². The zero-order chi connectivity index (χ0) is 19.4. The van der Waals surface area contributed by atoms with E-state index >= 15 is 0 Å². The second kappa shape index (κ2) is 8.59. The fourth-order valence-electron chi connectivity index (χ4n) is 2.64. The summed E-state index contributed by atoms with van der Waals surface area (Å²) >= 11 is 9.38. The number of ether oxygens (including phenoxy) is 1. The summed E-state index contributed by atoms with van der Waals surface area (Å²) in [6.07, 6.45) is 2.87. The van der Waals surface area contributed by atoms with E-state index in [-0.39, 0.29) is 5.91 Å². The molecule has 0 spiro atoms. The molecule has 27 heavy (non-hydrogen) atoms. The number of amides is 1. The normalized spacial score (nSPS) is 13.0. The van der Waals surface area contributed by atoms with Crippen LogP contribution in [0.4, 0.5) is 0 Å². The number of hydrogen-bond donors (Lipinski definition) is 1. The number of aryl methyl sites for hydroxylation is 1. The maximum Gasteiger partial charge on any atom is 0.261 e. The lowest BCUT2D eigenvalue weighted by Crippen LogP contribution is -2.39. The molecule has 2 atom stereocenters. The van der Waals surface area contributed by atoms with Gasteiger partial charge in [0.05, 0.1) is 0 Å². The van der Waals surface area contributed by atoms with E-state index in [1.165, 1.54) is 0 Å². The Hall–Kier alpha value is -2.31. The molecule has 0 aliphatic rings. The molecule has 0 bridgehead atoms. The molecule has 1 heterocycles. The van der Waals surface area contributed by atoms with Crippen LogP contribution in [0.15, 0.2) is 65.4 Å². The largest absolute Gasteiger partial charge is 0.481 e. The monoisotopic (exact) mass is 447 g/mol. The summed E-state index contributed by atoms with van der Waals surface area (Å²) in [6, 6.07) is 14.3. The lowest BCUT2D eigenvalue weighted by atomic mass is 10.1. The van der Waals surface area contributed by atoms with Crippen LogP contribution in [0.1, 0.15) is 24.4 Å². The molecule has 3 rings (SSSR count). The molecule has 5 nitrogen and oxygen atoms in total. The molecule has 7 heteroatoms. The smallest absolute Gasteiger partial charge is 0.261 e. The van der Waals surface area contributed by atoms with Gasteiger partial charge in [-0.25, -0.2) is 4.98 Å². The third kappa shape index (κ3) is 4.90. The maximum absolute atomic E-state index is 12.8. The molecule has 2 aromatic carbocycles. The van der Waals surface area contributed by atoms with Gasteiger partial charge < -0.3 is 14.6 Å². The quantitative estimate of drug-likeness (QED) is 0.604. The second-order valence-corrected chi connectivity index (χ2v) is 7.46. The van der Waals surface area contributed by atoms with Gasteiger partial charge in [-0.05, 0) is 48.9 Å². The molecule has 0 saturated carbocycles. The first-order chi connectivity index (χ1) is 12.9. The summed E-state index contributed by atoms with van der Waals surface area (Å²) in [5, 5.41) is 3.66. The van der Waals surface area contributed by atoms with E-state index in [9.17, 15) is 4.79 Å². The summed E-state index contributed by atoms with van der Waals surface area (Å²) in [5.74, 6) is 1.11. The molecule has 0 fully saturated rings. The number of hydrogen-bond acceptors (Lipinski definition) is 3. The minimum atomic E-state index is -0.666. The van der Waals surface area contributed by atoms with Crippen LogP contribution in [0.2, 0.25) is 5.02 Å². The molecular formula is C20H19BrClN3O2. The van der Waals surface area contributed by atoms with Gasteiger partial charge in [-0.3, -0.25) is 4.79 Å². The zero-order valence-electron chi connectivity index (χ0n) is 14.9. The summed E-state index contributed by atoms with van der Waals surface area (Å²) in [5.41, 5.74) is 0.887. The number of rotatable bonds is 6. The standard InChI is InChI=1S/C20H19BrClN3O2/c1-13(27-17-9-5-15(21)6-10-17)20(26)24-18(19-23-11-12-25(19)2)14-3-7-16(22)8-4-14/h3-13,18H,1-2H3,(H,24,26)/t13-,18-/m1/s1. The van der Waals surface area contributed by atoms with Crippen molar-refractivity contribution in [3.05, 3.63) is 81.8 Å². The molecule has 0 aliphatic carbocycles. The van der Waals surface area contributed by atoms with Crippen molar-refractivity contribution in [1.82, 2.24) is 14.9 Å². The number of aromatic nitrogens is 2. The number of imidazole rings is 1. The van der Waals surface area contributed by atoms with E-state index in [1.54, 1.807) is 25.3 Å². The highest BCUT2D eigenvalue weighted by Crippen LogP contribution is 2.23. The van der Waals surface area contributed by atoms with Crippen LogP contribution in [-0.4, -0.2) is 21.6 Å². The Morgan fingerprint density at radius 1 is 1.19 bits per heavy atom. The van der Waals surface area contributed by atoms with Gasteiger partial charge in [-0.15, -0.1) is 0 Å². The lowest BCUT2D eigenvalue weighted by molar-refractivity contribution is -0.127. The van der Waals surface area contributed by atoms with Gasteiger partial charge in [0.1, 0.15) is 17.6 Å². The number of nitrogens with zero attached hydrogens (tertiary/aromatic N) is 2. The molecule has 140 valence electrons. The number of nitrogens with one attached hydrogen (secondary N) is 1. The van der Waals surface area contributed by atoms with Gasteiger partial charge >= 0.3 is 0 Å². The van der Waals surface area contributed by atoms with Gasteiger partial charge in [0.15, 0.2) is 6.10 Å². The van der Waals surface area contributed by atoms with Gasteiger partial charge in [0, 0.05) is 28.9 Å². The summed E-state index contributed by atoms with van der Waals surface area (Å²) < 4.78 is 8.58. The molecule has 0 saturated heterocycles. The van der Waals surface area contributed by atoms with E-state index in [4.69, 9.17) is 16.3 Å². The van der Waals surface area contributed by atoms with Crippen LogP contribution < -0.4 is 10.1 Å². The van der Waals surface area contributed by atoms with Crippen molar-refractivity contribution in [3.8, 4) is 5.75 Å². The van der Waals surface area contributed by atoms with Crippen molar-refractivity contribution < 1.29 is 9.53 Å². The fraction of sp³-hybridized carbons (Fsp3) is 0.200. The average Bonchev–Trinajstić information content (AvgIpc) is 3.08. The number of benzene rings is 2. The van der Waals surface area contributed by atoms with E-state index < -0.39 is 12.1 Å². The van der Waals surface area contributed by atoms with Crippen LogP contribution in [-0.2, 0) is 11.8 Å². The predicted octanol–water partition coefficient (Wildman–Crippen LogP) is 4.51. The van der Waals surface area contributed by atoms with Gasteiger partial charge in [0.25, 0.3) is 5.91 Å². The summed E-state index contributed by atoms with van der Waals surface area (Å²) in [7, 11) is 1.89. The molecule has 0 aliphatic heterocycles. The number of carbonyl (C=O) groups excluding carboxylic acids is 1. The lowest BCUT2D eigenvalue weighted by Gasteiger charge is -2.22. The van der Waals surface area contributed by atoms with Crippen LogP contribution in [0.3, 0.4) is 0 Å². The van der Waals surface area contributed by atoms with E-state index in [1.807, 2.05) is 54.2 Å². The molecule has 3 aromatic rings. The third-order valence-corrected chi connectivity index (χ3v) is 4.88. The Labute approximate surface area is 171 Å². The highest BCUT2D eigenvalue weighted by molar-refractivity contribution is 9.10. The minimum absolute atomic E-state index is 0.235. The van der Waals surface area contributed by atoms with Crippen LogP contribution in [0.5, 0.6) is 5.75 Å². The minimum Gasteiger partial charge on any atom is -0.481 e. The first-order valence-corrected chi connectivity index (χ1v) is 9.56. The average molecular weight is 449 g/mol. The molecular weight excluding hydrogens is 430 g/mol. The Kier molecular flexibility index (Phi) is 6.19. The number of carbonyl (C=O) groups is 1. The first-order valence-electron chi connectivity index (χ1n) is 8.39. The van der Waals surface area contributed by atoms with Crippen LogP contribution >= 0.6 is 27.5 Å². The molecule has 1 aromatic heterocycles. The second-order valence-electron chi connectivity index (χ2n) is 6.10. The van der Waals surface area contributed by atoms with Crippen molar-refractivity contribution in [2.75, 3.05) is 0 Å². The van der Waals surface area contributed by atoms with E-state index in [0.717, 1.165) is 15.9 Å². The van der Waals surface area contributed by atoms with Crippen molar-refractivity contribution >= 4 is 33.4 Å². The molecule has 0 radical (unpaired) electrons. The van der Waals surface area contributed by atoms with Crippen molar-refractivity contribution in [1.29, 1.82) is 0 Å². The third-order valence-electron chi connectivity index (χ3n) is 4.10.